The summed E-state index contributed by atoms with van der Waals surface area (Å²) in [4.78, 5) is 23.5. The summed E-state index contributed by atoms with van der Waals surface area (Å²) in [6.07, 6.45) is -2.56. The van der Waals surface area contributed by atoms with Gasteiger partial charge in [0.2, 0.25) is 0 Å². The van der Waals surface area contributed by atoms with E-state index in [1.165, 1.54) is 17.2 Å². The van der Waals surface area contributed by atoms with Crippen LogP contribution in [0.5, 0.6) is 0 Å². The first kappa shape index (κ1) is 21.3. The van der Waals surface area contributed by atoms with Crippen LogP contribution in [0.15, 0.2) is 12.7 Å². The summed E-state index contributed by atoms with van der Waals surface area (Å²) in [6, 6.07) is -1.02. The predicted octanol–water partition coefficient (Wildman–Crippen LogP) is -2.86. The van der Waals surface area contributed by atoms with E-state index in [0.29, 0.717) is 0 Å². The smallest absolute Gasteiger partial charge is 0.362 e. The summed E-state index contributed by atoms with van der Waals surface area (Å²) >= 11 is 0. The Morgan fingerprint density at radius 1 is 1.38 bits per heavy atom. The second-order valence-electron chi connectivity index (χ2n) is 6.35. The van der Waals surface area contributed by atoms with Gasteiger partial charge in [0.05, 0.1) is 19.0 Å². The van der Waals surface area contributed by atoms with Gasteiger partial charge in [0.1, 0.15) is 30.2 Å². The van der Waals surface area contributed by atoms with Crippen LogP contribution in [0.2, 0.25) is 0 Å². The SMILES string of the molecule is CC[C@H](N)C(=O)NS(=O)(=O)OC[C@H]1O[C@@H](n2cnc3c(N)ncnc32)[C@H](O)[C@@H]1O. The first-order chi connectivity index (χ1) is 13.6. The molecule has 0 aromatic carbocycles. The molecule has 2 aromatic heterocycles. The minimum atomic E-state index is -4.48. The number of nitrogen functional groups attached to an aromatic ring is 1. The molecule has 1 saturated heterocycles. The lowest BCUT2D eigenvalue weighted by Crippen LogP contribution is -2.44. The van der Waals surface area contributed by atoms with Crippen molar-refractivity contribution in [3.63, 3.8) is 0 Å². The summed E-state index contributed by atoms with van der Waals surface area (Å²) < 4.78 is 37.0. The molecule has 0 spiro atoms. The van der Waals surface area contributed by atoms with Crippen LogP contribution in [-0.2, 0) is 24.0 Å². The van der Waals surface area contributed by atoms with E-state index in [4.69, 9.17) is 16.2 Å². The lowest BCUT2D eigenvalue weighted by Gasteiger charge is -2.16. The molecule has 3 heterocycles. The van der Waals surface area contributed by atoms with Gasteiger partial charge in [-0.1, -0.05) is 6.92 Å². The van der Waals surface area contributed by atoms with E-state index in [0.717, 1.165) is 0 Å². The van der Waals surface area contributed by atoms with Gasteiger partial charge in [-0.05, 0) is 6.42 Å². The minimum absolute atomic E-state index is 0.119. The third-order valence-corrected chi connectivity index (χ3v) is 5.29. The van der Waals surface area contributed by atoms with Crippen molar-refractivity contribution in [1.29, 1.82) is 0 Å². The number of hydrogen-bond acceptors (Lipinski definition) is 12. The van der Waals surface area contributed by atoms with Gasteiger partial charge in [0.25, 0.3) is 5.91 Å². The summed E-state index contributed by atoms with van der Waals surface area (Å²) in [5.41, 5.74) is 11.7. The highest BCUT2D eigenvalue weighted by Gasteiger charge is 2.45. The molecule has 1 amide bonds. The highest BCUT2D eigenvalue weighted by Crippen LogP contribution is 2.32. The molecule has 0 unspecified atom stereocenters. The molecule has 3 rings (SSSR count). The molecule has 7 N–H and O–H groups in total. The van der Waals surface area contributed by atoms with Crippen LogP contribution in [0.1, 0.15) is 19.6 Å². The number of carbonyl (C=O) groups excluding carboxylic acids is 1. The quantitative estimate of drug-likeness (QED) is 0.299. The molecular formula is C14H21N7O7S. The number of nitrogens with zero attached hydrogens (tertiary/aromatic N) is 4. The fourth-order valence-electron chi connectivity index (χ4n) is 2.72. The maximum Gasteiger partial charge on any atom is 0.362 e. The Morgan fingerprint density at radius 2 is 2.10 bits per heavy atom. The van der Waals surface area contributed by atoms with E-state index in [9.17, 15) is 23.4 Å². The zero-order valence-electron chi connectivity index (χ0n) is 15.2. The molecule has 1 aliphatic heterocycles. The topological polar surface area (TPSA) is 218 Å². The third kappa shape index (κ3) is 4.29. The second-order valence-corrected chi connectivity index (χ2v) is 7.70. The highest BCUT2D eigenvalue weighted by atomic mass is 32.2. The number of aromatic nitrogens is 4. The molecule has 5 atom stereocenters. The molecule has 0 bridgehead atoms. The molecule has 2 aromatic rings. The number of amides is 1. The Kier molecular flexibility index (Phi) is 5.97. The molecule has 160 valence electrons. The zero-order valence-corrected chi connectivity index (χ0v) is 16.1. The maximum absolute atomic E-state index is 11.9. The monoisotopic (exact) mass is 431 g/mol. The van der Waals surface area contributed by atoms with Crippen molar-refractivity contribution in [1.82, 2.24) is 24.2 Å². The summed E-state index contributed by atoms with van der Waals surface area (Å²) in [6.45, 7) is 0.947. The van der Waals surface area contributed by atoms with E-state index in [2.05, 4.69) is 19.1 Å². The Morgan fingerprint density at radius 3 is 2.79 bits per heavy atom. The van der Waals surface area contributed by atoms with Crippen molar-refractivity contribution in [3.8, 4) is 0 Å². The number of rotatable bonds is 7. The number of nitrogens with one attached hydrogen (secondary N) is 1. The van der Waals surface area contributed by atoms with Crippen molar-refractivity contribution in [2.75, 3.05) is 12.3 Å². The van der Waals surface area contributed by atoms with Gasteiger partial charge in [0, 0.05) is 0 Å². The Hall–Kier alpha value is -2.43. The van der Waals surface area contributed by atoms with Crippen molar-refractivity contribution < 1.29 is 32.3 Å². The lowest BCUT2D eigenvalue weighted by atomic mass is 10.1. The molecule has 0 aliphatic carbocycles. The van der Waals surface area contributed by atoms with Crippen LogP contribution in [-0.4, -0.2) is 75.0 Å². The van der Waals surface area contributed by atoms with E-state index < -0.39 is 53.4 Å². The maximum atomic E-state index is 11.9. The Bertz CT molecular complexity index is 997. The average Bonchev–Trinajstić information content (AvgIpc) is 3.22. The number of hydrogen-bond donors (Lipinski definition) is 5. The normalized spacial score (nSPS) is 25.9. The summed E-state index contributed by atoms with van der Waals surface area (Å²) in [5.74, 6) is -0.811. The average molecular weight is 431 g/mol. The molecule has 1 aliphatic rings. The van der Waals surface area contributed by atoms with Crippen molar-refractivity contribution in [3.05, 3.63) is 12.7 Å². The number of imidazole rings is 1. The fourth-order valence-corrected chi connectivity index (χ4v) is 3.49. The number of anilines is 1. The molecule has 0 radical (unpaired) electrons. The second kappa shape index (κ2) is 8.13. The van der Waals surface area contributed by atoms with Gasteiger partial charge >= 0.3 is 10.3 Å². The van der Waals surface area contributed by atoms with Gasteiger partial charge in [-0.15, -0.1) is 0 Å². The van der Waals surface area contributed by atoms with E-state index >= 15 is 0 Å². The van der Waals surface area contributed by atoms with E-state index in [1.807, 2.05) is 0 Å². The molecule has 14 nitrogen and oxygen atoms in total. The highest BCUT2D eigenvalue weighted by molar-refractivity contribution is 7.85. The van der Waals surface area contributed by atoms with Crippen molar-refractivity contribution in [2.45, 2.75) is 43.9 Å². The number of fused-ring (bicyclic) bond motifs is 1. The van der Waals surface area contributed by atoms with Gasteiger partial charge in [-0.25, -0.2) is 19.7 Å². The molecular weight excluding hydrogens is 410 g/mol. The lowest BCUT2D eigenvalue weighted by molar-refractivity contribution is -0.120. The molecule has 15 heteroatoms. The molecule has 1 fully saturated rings. The third-order valence-electron chi connectivity index (χ3n) is 4.39. The van der Waals surface area contributed by atoms with E-state index in [1.54, 1.807) is 11.6 Å². The Labute approximate surface area is 165 Å². The first-order valence-electron chi connectivity index (χ1n) is 8.55. The largest absolute Gasteiger partial charge is 0.387 e. The predicted molar refractivity (Wildman–Crippen MR) is 96.9 cm³/mol. The van der Waals surface area contributed by atoms with Crippen LogP contribution >= 0.6 is 0 Å². The standard InChI is InChI=1S/C14H21N7O7S/c1-2-6(15)13(24)20-29(25,26)27-3-7-9(22)10(23)14(28-7)21-5-19-8-11(16)17-4-18-12(8)21/h4-7,9-10,14,22-23H,2-3,15H2,1H3,(H,20,24)(H2,16,17,18)/t6-,7+,9+,10+,14+/m0/s1. The van der Waals surface area contributed by atoms with Crippen LogP contribution in [0, 0.1) is 0 Å². The number of ether oxygens (including phenoxy) is 1. The number of aliphatic hydroxyl groups excluding tert-OH is 2. The van der Waals surface area contributed by atoms with Gasteiger partial charge in [-0.3, -0.25) is 13.5 Å². The zero-order chi connectivity index (χ0) is 21.3. The molecule has 0 saturated carbocycles. The van der Waals surface area contributed by atoms with Gasteiger partial charge in [0.15, 0.2) is 17.7 Å². The van der Waals surface area contributed by atoms with Crippen LogP contribution in [0.3, 0.4) is 0 Å². The minimum Gasteiger partial charge on any atom is -0.387 e. The van der Waals surface area contributed by atoms with Crippen molar-refractivity contribution >= 4 is 33.2 Å². The van der Waals surface area contributed by atoms with Crippen LogP contribution in [0.4, 0.5) is 5.82 Å². The number of aliphatic hydroxyl groups is 2. The fraction of sp³-hybridized carbons (Fsp3) is 0.571. The molecule has 29 heavy (non-hydrogen) atoms. The van der Waals surface area contributed by atoms with Crippen LogP contribution in [0.25, 0.3) is 11.2 Å². The Balaban J connectivity index is 1.70. The van der Waals surface area contributed by atoms with Crippen molar-refractivity contribution in [2.24, 2.45) is 5.73 Å². The first-order valence-corrected chi connectivity index (χ1v) is 9.96. The number of nitrogens with two attached hydrogens (primary N) is 2. The van der Waals surface area contributed by atoms with E-state index in [-0.39, 0.29) is 23.4 Å². The van der Waals surface area contributed by atoms with Gasteiger partial charge < -0.3 is 26.4 Å². The van der Waals surface area contributed by atoms with Gasteiger partial charge in [-0.2, -0.15) is 8.42 Å². The number of carbonyl (C=O) groups is 1. The summed E-state index contributed by atoms with van der Waals surface area (Å²) in [5, 5.41) is 20.5. The summed E-state index contributed by atoms with van der Waals surface area (Å²) in [7, 11) is -4.48. The van der Waals surface area contributed by atoms with Crippen LogP contribution < -0.4 is 16.2 Å².